The lowest BCUT2D eigenvalue weighted by molar-refractivity contribution is -0.146. The molecular weight excluding hydrogens is 264 g/mol. The number of carboxylic acid groups (broad SMARTS) is 1. The van der Waals surface area contributed by atoms with E-state index in [2.05, 4.69) is 0 Å². The van der Waals surface area contributed by atoms with Gasteiger partial charge in [0.1, 0.15) is 0 Å². The number of esters is 1. The summed E-state index contributed by atoms with van der Waals surface area (Å²) in [5.41, 5.74) is 0. The lowest BCUT2D eigenvalue weighted by atomic mass is 10.2. The summed E-state index contributed by atoms with van der Waals surface area (Å²) in [4.78, 5) is 37.3. The fourth-order valence-electron chi connectivity index (χ4n) is 2.07. The van der Waals surface area contributed by atoms with E-state index in [0.717, 1.165) is 0 Å². The van der Waals surface area contributed by atoms with Crippen molar-refractivity contribution in [1.82, 2.24) is 9.80 Å². The predicted molar refractivity (Wildman–Crippen MR) is 71.1 cm³/mol. The molecular formula is C13H22N2O5. The van der Waals surface area contributed by atoms with E-state index >= 15 is 0 Å². The van der Waals surface area contributed by atoms with Crippen molar-refractivity contribution in [2.24, 2.45) is 0 Å². The van der Waals surface area contributed by atoms with Gasteiger partial charge in [-0.05, 0) is 6.92 Å². The molecule has 20 heavy (non-hydrogen) atoms. The van der Waals surface area contributed by atoms with Crippen LogP contribution in [0, 0.1) is 0 Å². The Hall–Kier alpha value is -1.63. The molecule has 1 N–H and O–H groups in total. The van der Waals surface area contributed by atoms with Crippen LogP contribution in [0.3, 0.4) is 0 Å². The molecule has 0 saturated carbocycles. The number of hydrogen-bond donors (Lipinski definition) is 1. The van der Waals surface area contributed by atoms with E-state index in [9.17, 15) is 14.4 Å². The highest BCUT2D eigenvalue weighted by atomic mass is 16.5. The van der Waals surface area contributed by atoms with Gasteiger partial charge in [0.15, 0.2) is 0 Å². The molecule has 1 fully saturated rings. The molecule has 0 radical (unpaired) electrons. The molecule has 0 aromatic heterocycles. The lowest BCUT2D eigenvalue weighted by Crippen LogP contribution is -2.49. The summed E-state index contributed by atoms with van der Waals surface area (Å²) in [6, 6.07) is 0. The van der Waals surface area contributed by atoms with Crippen LogP contribution in [0.25, 0.3) is 0 Å². The summed E-state index contributed by atoms with van der Waals surface area (Å²) in [6.45, 7) is 5.10. The molecule has 7 heteroatoms. The third-order valence-electron chi connectivity index (χ3n) is 3.22. The van der Waals surface area contributed by atoms with Gasteiger partial charge < -0.3 is 14.7 Å². The normalized spacial score (nSPS) is 15.9. The van der Waals surface area contributed by atoms with Crippen LogP contribution in [0.1, 0.15) is 26.2 Å². The molecule has 1 aliphatic rings. The SMILES string of the molecule is CCOC(=O)CCC(=O)N1CCN(CCC(=O)O)CC1. The Kier molecular flexibility index (Phi) is 7.00. The molecule has 0 aromatic carbocycles. The smallest absolute Gasteiger partial charge is 0.306 e. The van der Waals surface area contributed by atoms with Crippen LogP contribution in [-0.2, 0) is 19.1 Å². The molecule has 1 rings (SSSR count). The number of ether oxygens (including phenoxy) is 1. The number of aliphatic carboxylic acids is 1. The minimum atomic E-state index is -0.807. The highest BCUT2D eigenvalue weighted by molar-refractivity contribution is 5.81. The number of carbonyl (C=O) groups is 3. The van der Waals surface area contributed by atoms with E-state index in [1.54, 1.807) is 11.8 Å². The molecule has 0 unspecified atom stereocenters. The van der Waals surface area contributed by atoms with E-state index in [0.29, 0.717) is 39.3 Å². The second-order valence-corrected chi connectivity index (χ2v) is 4.67. The van der Waals surface area contributed by atoms with Gasteiger partial charge in [0.2, 0.25) is 5.91 Å². The molecule has 0 atom stereocenters. The number of carboxylic acids is 1. The summed E-state index contributed by atoms with van der Waals surface area (Å²) >= 11 is 0. The number of nitrogens with zero attached hydrogens (tertiary/aromatic N) is 2. The van der Waals surface area contributed by atoms with Crippen molar-refractivity contribution in [2.75, 3.05) is 39.3 Å². The Morgan fingerprint density at radius 2 is 1.70 bits per heavy atom. The Bertz CT molecular complexity index is 351. The van der Waals surface area contributed by atoms with Gasteiger partial charge in [-0.1, -0.05) is 0 Å². The van der Waals surface area contributed by atoms with E-state index in [1.165, 1.54) is 0 Å². The van der Waals surface area contributed by atoms with Gasteiger partial charge >= 0.3 is 11.9 Å². The molecule has 0 aliphatic carbocycles. The maximum Gasteiger partial charge on any atom is 0.306 e. The van der Waals surface area contributed by atoms with Crippen LogP contribution < -0.4 is 0 Å². The number of amides is 1. The lowest BCUT2D eigenvalue weighted by Gasteiger charge is -2.34. The highest BCUT2D eigenvalue weighted by Gasteiger charge is 2.21. The summed E-state index contributed by atoms with van der Waals surface area (Å²) < 4.78 is 4.78. The van der Waals surface area contributed by atoms with Crippen molar-refractivity contribution in [1.29, 1.82) is 0 Å². The van der Waals surface area contributed by atoms with E-state index in [4.69, 9.17) is 9.84 Å². The third kappa shape index (κ3) is 6.01. The predicted octanol–water partition coefficient (Wildman–Crippen LogP) is -0.0514. The summed E-state index contributed by atoms with van der Waals surface area (Å²) in [6.07, 6.45) is 0.413. The first-order valence-corrected chi connectivity index (χ1v) is 6.90. The first-order chi connectivity index (χ1) is 9.52. The Morgan fingerprint density at radius 1 is 1.05 bits per heavy atom. The molecule has 7 nitrogen and oxygen atoms in total. The zero-order chi connectivity index (χ0) is 15.0. The zero-order valence-corrected chi connectivity index (χ0v) is 11.8. The Labute approximate surface area is 118 Å². The standard InChI is InChI=1S/C13H22N2O5/c1-2-20-13(19)4-3-11(16)15-9-7-14(8-10-15)6-5-12(17)18/h2-10H2,1H3,(H,17,18). The number of carbonyl (C=O) groups excluding carboxylic acids is 2. The number of rotatable bonds is 7. The minimum Gasteiger partial charge on any atom is -0.481 e. The fraction of sp³-hybridized carbons (Fsp3) is 0.769. The van der Waals surface area contributed by atoms with Crippen molar-refractivity contribution in [3.63, 3.8) is 0 Å². The number of piperazine rings is 1. The van der Waals surface area contributed by atoms with E-state index in [1.807, 2.05) is 4.90 Å². The largest absolute Gasteiger partial charge is 0.481 e. The van der Waals surface area contributed by atoms with Crippen LogP contribution in [0.15, 0.2) is 0 Å². The van der Waals surface area contributed by atoms with E-state index in [-0.39, 0.29) is 31.1 Å². The highest BCUT2D eigenvalue weighted by Crippen LogP contribution is 2.06. The Morgan fingerprint density at radius 3 is 2.25 bits per heavy atom. The topological polar surface area (TPSA) is 87.2 Å². The van der Waals surface area contributed by atoms with Crippen molar-refractivity contribution in [2.45, 2.75) is 26.2 Å². The van der Waals surface area contributed by atoms with Gasteiger partial charge in [-0.15, -0.1) is 0 Å². The van der Waals surface area contributed by atoms with Crippen LogP contribution in [0.5, 0.6) is 0 Å². The fourth-order valence-corrected chi connectivity index (χ4v) is 2.07. The maximum absolute atomic E-state index is 11.9. The summed E-state index contributed by atoms with van der Waals surface area (Å²) in [5, 5.41) is 8.62. The molecule has 1 aliphatic heterocycles. The van der Waals surface area contributed by atoms with Crippen molar-refractivity contribution >= 4 is 17.8 Å². The summed E-state index contributed by atoms with van der Waals surface area (Å²) in [5.74, 6) is -1.20. The first-order valence-electron chi connectivity index (χ1n) is 6.90. The maximum atomic E-state index is 11.9. The molecule has 114 valence electrons. The molecule has 1 saturated heterocycles. The van der Waals surface area contributed by atoms with Gasteiger partial charge in [0, 0.05) is 39.1 Å². The van der Waals surface area contributed by atoms with Crippen LogP contribution in [0.2, 0.25) is 0 Å². The zero-order valence-electron chi connectivity index (χ0n) is 11.8. The molecule has 0 bridgehead atoms. The van der Waals surface area contributed by atoms with Crippen LogP contribution >= 0.6 is 0 Å². The summed E-state index contributed by atoms with van der Waals surface area (Å²) in [7, 11) is 0. The van der Waals surface area contributed by atoms with Gasteiger partial charge in [-0.3, -0.25) is 19.3 Å². The van der Waals surface area contributed by atoms with Gasteiger partial charge in [-0.25, -0.2) is 0 Å². The quantitative estimate of drug-likeness (QED) is 0.660. The molecule has 0 aromatic rings. The molecule has 0 spiro atoms. The average Bonchev–Trinajstić information content (AvgIpc) is 2.43. The minimum absolute atomic E-state index is 0.0454. The van der Waals surface area contributed by atoms with Crippen molar-refractivity contribution < 1.29 is 24.2 Å². The Balaban J connectivity index is 2.21. The van der Waals surface area contributed by atoms with Crippen LogP contribution in [0.4, 0.5) is 0 Å². The van der Waals surface area contributed by atoms with E-state index < -0.39 is 5.97 Å². The third-order valence-corrected chi connectivity index (χ3v) is 3.22. The van der Waals surface area contributed by atoms with Crippen LogP contribution in [-0.4, -0.2) is 72.1 Å². The average molecular weight is 286 g/mol. The molecule has 1 heterocycles. The monoisotopic (exact) mass is 286 g/mol. The second-order valence-electron chi connectivity index (χ2n) is 4.67. The van der Waals surface area contributed by atoms with Crippen molar-refractivity contribution in [3.8, 4) is 0 Å². The number of hydrogen-bond acceptors (Lipinski definition) is 5. The molecule has 1 amide bonds. The van der Waals surface area contributed by atoms with Gasteiger partial charge in [-0.2, -0.15) is 0 Å². The van der Waals surface area contributed by atoms with Gasteiger partial charge in [0.25, 0.3) is 0 Å². The van der Waals surface area contributed by atoms with Gasteiger partial charge in [0.05, 0.1) is 19.4 Å². The van der Waals surface area contributed by atoms with Crippen molar-refractivity contribution in [3.05, 3.63) is 0 Å². The second kappa shape index (κ2) is 8.52. The first kappa shape index (κ1) is 16.4.